The minimum atomic E-state index is -0.217. The maximum absolute atomic E-state index is 11.9. The molecule has 1 heterocycles. The van der Waals surface area contributed by atoms with E-state index in [-0.39, 0.29) is 5.91 Å². The van der Waals surface area contributed by atoms with Gasteiger partial charge in [0, 0.05) is 17.6 Å². The highest BCUT2D eigenvalue weighted by molar-refractivity contribution is 6.30. The van der Waals surface area contributed by atoms with Crippen molar-refractivity contribution in [3.05, 3.63) is 58.7 Å². The molecule has 3 nitrogen and oxygen atoms in total. The number of nitrogens with zero attached hydrogens (tertiary/aromatic N) is 1. The van der Waals surface area contributed by atoms with Crippen molar-refractivity contribution >= 4 is 34.9 Å². The molecule has 0 saturated carbocycles. The molecule has 1 amide bonds. The van der Waals surface area contributed by atoms with Gasteiger partial charge in [0.25, 0.3) is 5.91 Å². The van der Waals surface area contributed by atoms with Gasteiger partial charge in [0.2, 0.25) is 0 Å². The van der Waals surface area contributed by atoms with E-state index in [9.17, 15) is 4.79 Å². The summed E-state index contributed by atoms with van der Waals surface area (Å²) in [7, 11) is 0. The van der Waals surface area contributed by atoms with Gasteiger partial charge in [0.1, 0.15) is 5.82 Å². The van der Waals surface area contributed by atoms with Crippen molar-refractivity contribution in [2.75, 3.05) is 5.32 Å². The zero-order valence-electron chi connectivity index (χ0n) is 9.36. The largest absolute Gasteiger partial charge is 0.307 e. The molecule has 2 aromatic rings. The molecule has 1 aromatic carbocycles. The predicted molar refractivity (Wildman–Crippen MR) is 73.2 cm³/mol. The molecule has 0 atom stereocenters. The van der Waals surface area contributed by atoms with Crippen LogP contribution in [0.1, 0.15) is 15.9 Å². The molecule has 0 fully saturated rings. The predicted octanol–water partition coefficient (Wildman–Crippen LogP) is 3.73. The molecule has 0 unspecified atom stereocenters. The zero-order chi connectivity index (χ0) is 13.0. The van der Waals surface area contributed by atoms with Crippen LogP contribution in [0, 0.1) is 0 Å². The van der Waals surface area contributed by atoms with Gasteiger partial charge in [-0.05, 0) is 29.8 Å². The van der Waals surface area contributed by atoms with Crippen LogP contribution in [-0.2, 0) is 5.88 Å². The first-order valence-electron chi connectivity index (χ1n) is 5.27. The van der Waals surface area contributed by atoms with Crippen LogP contribution in [0.5, 0.6) is 0 Å². The minimum Gasteiger partial charge on any atom is -0.307 e. The molecule has 0 spiro atoms. The number of halogens is 2. The monoisotopic (exact) mass is 280 g/mol. The summed E-state index contributed by atoms with van der Waals surface area (Å²) in [6.07, 6.45) is 1.48. The number of hydrogen-bond acceptors (Lipinski definition) is 2. The number of hydrogen-bond donors (Lipinski definition) is 1. The van der Waals surface area contributed by atoms with Crippen LogP contribution < -0.4 is 5.32 Å². The molecule has 5 heteroatoms. The standard InChI is InChI=1S/C13H10Cl2N2O/c14-7-9-1-3-10(4-2-9)13(18)17-12-6-5-11(15)8-16-12/h1-6,8H,7H2,(H,16,17,18). The fourth-order valence-electron chi connectivity index (χ4n) is 1.38. The SMILES string of the molecule is O=C(Nc1ccc(Cl)cn1)c1ccc(CCl)cc1. The molecule has 0 aliphatic rings. The molecule has 0 aliphatic carbocycles. The summed E-state index contributed by atoms with van der Waals surface area (Å²) in [5.74, 6) is 0.678. The molecule has 0 aliphatic heterocycles. The summed E-state index contributed by atoms with van der Waals surface area (Å²) < 4.78 is 0. The number of amides is 1. The van der Waals surface area contributed by atoms with Gasteiger partial charge in [-0.1, -0.05) is 23.7 Å². The van der Waals surface area contributed by atoms with Gasteiger partial charge in [-0.25, -0.2) is 4.98 Å². The van der Waals surface area contributed by atoms with E-state index in [0.29, 0.717) is 22.3 Å². The summed E-state index contributed by atoms with van der Waals surface area (Å²) in [4.78, 5) is 15.9. The normalized spacial score (nSPS) is 10.1. The Balaban J connectivity index is 2.09. The Kier molecular flexibility index (Phi) is 4.18. The van der Waals surface area contributed by atoms with Crippen LogP contribution in [0.15, 0.2) is 42.6 Å². The van der Waals surface area contributed by atoms with Crippen molar-refractivity contribution < 1.29 is 4.79 Å². The number of alkyl halides is 1. The molecule has 92 valence electrons. The van der Waals surface area contributed by atoms with Crippen molar-refractivity contribution in [3.63, 3.8) is 0 Å². The Labute approximate surface area is 115 Å². The third-order valence-electron chi connectivity index (χ3n) is 2.34. The number of carbonyl (C=O) groups is 1. The molecule has 0 saturated heterocycles. The van der Waals surface area contributed by atoms with E-state index in [1.54, 1.807) is 24.3 Å². The summed E-state index contributed by atoms with van der Waals surface area (Å²) in [5.41, 5.74) is 1.53. The lowest BCUT2D eigenvalue weighted by Crippen LogP contribution is -2.12. The second kappa shape index (κ2) is 5.85. The number of pyridine rings is 1. The quantitative estimate of drug-likeness (QED) is 0.871. The highest BCUT2D eigenvalue weighted by atomic mass is 35.5. The molecule has 1 N–H and O–H groups in total. The Morgan fingerprint density at radius 2 is 1.89 bits per heavy atom. The smallest absolute Gasteiger partial charge is 0.256 e. The van der Waals surface area contributed by atoms with Gasteiger partial charge in [-0.2, -0.15) is 0 Å². The number of carbonyl (C=O) groups excluding carboxylic acids is 1. The van der Waals surface area contributed by atoms with Crippen LogP contribution in [0.2, 0.25) is 5.02 Å². The molecular weight excluding hydrogens is 271 g/mol. The van der Waals surface area contributed by atoms with E-state index in [2.05, 4.69) is 10.3 Å². The Morgan fingerprint density at radius 3 is 2.44 bits per heavy atom. The van der Waals surface area contributed by atoms with Crippen LogP contribution >= 0.6 is 23.2 Å². The highest BCUT2D eigenvalue weighted by Gasteiger charge is 2.06. The van der Waals surface area contributed by atoms with Crippen molar-refractivity contribution in [2.45, 2.75) is 5.88 Å². The van der Waals surface area contributed by atoms with Gasteiger partial charge >= 0.3 is 0 Å². The fourth-order valence-corrected chi connectivity index (χ4v) is 1.67. The Morgan fingerprint density at radius 1 is 1.17 bits per heavy atom. The fraction of sp³-hybridized carbons (Fsp3) is 0.0769. The second-order valence-electron chi connectivity index (χ2n) is 3.65. The van der Waals surface area contributed by atoms with Gasteiger partial charge in [0.05, 0.1) is 5.02 Å². The van der Waals surface area contributed by atoms with Gasteiger partial charge in [0.15, 0.2) is 0 Å². The average Bonchev–Trinajstić information content (AvgIpc) is 2.41. The number of anilines is 1. The van der Waals surface area contributed by atoms with Crippen molar-refractivity contribution in [1.29, 1.82) is 0 Å². The zero-order valence-corrected chi connectivity index (χ0v) is 10.9. The van der Waals surface area contributed by atoms with Crippen molar-refractivity contribution in [3.8, 4) is 0 Å². The van der Waals surface area contributed by atoms with E-state index < -0.39 is 0 Å². The summed E-state index contributed by atoms with van der Waals surface area (Å²) in [6, 6.07) is 10.4. The maximum atomic E-state index is 11.9. The molecular formula is C13H10Cl2N2O. The van der Waals surface area contributed by atoms with Crippen LogP contribution in [0.4, 0.5) is 5.82 Å². The molecule has 0 radical (unpaired) electrons. The Bertz CT molecular complexity index is 538. The number of benzene rings is 1. The van der Waals surface area contributed by atoms with E-state index >= 15 is 0 Å². The highest BCUT2D eigenvalue weighted by Crippen LogP contribution is 2.12. The minimum absolute atomic E-state index is 0.217. The van der Waals surface area contributed by atoms with Gasteiger partial charge in [-0.15, -0.1) is 11.6 Å². The summed E-state index contributed by atoms with van der Waals surface area (Å²) in [5, 5.41) is 3.21. The van der Waals surface area contributed by atoms with E-state index in [4.69, 9.17) is 23.2 Å². The lowest BCUT2D eigenvalue weighted by Gasteiger charge is -2.04. The lowest BCUT2D eigenvalue weighted by molar-refractivity contribution is 0.102. The first kappa shape index (κ1) is 12.9. The number of rotatable bonds is 3. The van der Waals surface area contributed by atoms with Gasteiger partial charge in [-0.3, -0.25) is 4.79 Å². The molecule has 2 rings (SSSR count). The lowest BCUT2D eigenvalue weighted by atomic mass is 10.1. The van der Waals surface area contributed by atoms with E-state index in [1.165, 1.54) is 6.20 Å². The Hall–Kier alpha value is -1.58. The third kappa shape index (κ3) is 3.22. The first-order chi connectivity index (χ1) is 8.69. The molecule has 0 bridgehead atoms. The van der Waals surface area contributed by atoms with E-state index in [1.807, 2.05) is 12.1 Å². The number of aromatic nitrogens is 1. The first-order valence-corrected chi connectivity index (χ1v) is 6.18. The van der Waals surface area contributed by atoms with Crippen molar-refractivity contribution in [1.82, 2.24) is 4.98 Å². The summed E-state index contributed by atoms with van der Waals surface area (Å²) >= 11 is 11.4. The number of nitrogens with one attached hydrogen (secondary N) is 1. The maximum Gasteiger partial charge on any atom is 0.256 e. The topological polar surface area (TPSA) is 42.0 Å². The molecule has 18 heavy (non-hydrogen) atoms. The second-order valence-corrected chi connectivity index (χ2v) is 4.35. The van der Waals surface area contributed by atoms with Crippen LogP contribution in [0.25, 0.3) is 0 Å². The van der Waals surface area contributed by atoms with E-state index in [0.717, 1.165) is 5.56 Å². The third-order valence-corrected chi connectivity index (χ3v) is 2.87. The van der Waals surface area contributed by atoms with Crippen LogP contribution in [-0.4, -0.2) is 10.9 Å². The molecule has 1 aromatic heterocycles. The average molecular weight is 281 g/mol. The van der Waals surface area contributed by atoms with Crippen LogP contribution in [0.3, 0.4) is 0 Å². The van der Waals surface area contributed by atoms with Crippen molar-refractivity contribution in [2.24, 2.45) is 0 Å². The summed E-state index contributed by atoms with van der Waals surface area (Å²) in [6.45, 7) is 0. The van der Waals surface area contributed by atoms with Gasteiger partial charge < -0.3 is 5.32 Å².